The monoisotopic (exact) mass is 223 g/mol. The van der Waals surface area contributed by atoms with Gasteiger partial charge in [0, 0.05) is 25.2 Å². The summed E-state index contributed by atoms with van der Waals surface area (Å²) in [5.41, 5.74) is 1.77. The zero-order chi connectivity index (χ0) is 11.4. The molecular formula is C12H14ClNO. The Morgan fingerprint density at radius 2 is 1.93 bits per heavy atom. The fourth-order valence-electron chi connectivity index (χ4n) is 1.17. The maximum atomic E-state index is 11.4. The van der Waals surface area contributed by atoms with Crippen LogP contribution in [0.15, 0.2) is 30.3 Å². The molecule has 80 valence electrons. The topological polar surface area (TPSA) is 20.3 Å². The van der Waals surface area contributed by atoms with E-state index in [1.54, 1.807) is 20.2 Å². The first-order valence-electron chi connectivity index (χ1n) is 4.67. The smallest absolute Gasteiger partial charge is 0.246 e. The van der Waals surface area contributed by atoms with Crippen LogP contribution in [0.3, 0.4) is 0 Å². The second-order valence-corrected chi connectivity index (χ2v) is 3.95. The lowest BCUT2D eigenvalue weighted by atomic mass is 10.1. The summed E-state index contributed by atoms with van der Waals surface area (Å²) in [5.74, 6) is -0.0348. The van der Waals surface area contributed by atoms with E-state index in [1.807, 2.05) is 31.2 Å². The number of hydrogen-bond acceptors (Lipinski definition) is 1. The first-order valence-corrected chi connectivity index (χ1v) is 5.04. The molecule has 15 heavy (non-hydrogen) atoms. The molecule has 0 fully saturated rings. The van der Waals surface area contributed by atoms with Crippen molar-refractivity contribution in [1.82, 2.24) is 4.90 Å². The number of likely N-dealkylation sites (N-methyl/N-ethyl adjacent to an activating group) is 1. The summed E-state index contributed by atoms with van der Waals surface area (Å²) in [6.45, 7) is 1.88. The van der Waals surface area contributed by atoms with E-state index in [4.69, 9.17) is 11.6 Å². The van der Waals surface area contributed by atoms with Gasteiger partial charge in [0.15, 0.2) is 0 Å². The summed E-state index contributed by atoms with van der Waals surface area (Å²) in [4.78, 5) is 13.0. The Morgan fingerprint density at radius 3 is 2.47 bits per heavy atom. The molecule has 1 amide bonds. The number of amides is 1. The van der Waals surface area contributed by atoms with Crippen molar-refractivity contribution in [3.05, 3.63) is 40.9 Å². The molecule has 0 aliphatic rings. The zero-order valence-electron chi connectivity index (χ0n) is 9.12. The second kappa shape index (κ2) is 4.99. The highest BCUT2D eigenvalue weighted by Gasteiger charge is 2.04. The molecule has 0 saturated carbocycles. The van der Waals surface area contributed by atoms with Crippen LogP contribution in [-0.4, -0.2) is 24.9 Å². The number of rotatable bonds is 2. The highest BCUT2D eigenvalue weighted by Crippen LogP contribution is 2.22. The van der Waals surface area contributed by atoms with Gasteiger partial charge >= 0.3 is 0 Å². The molecule has 2 nitrogen and oxygen atoms in total. The molecule has 1 aromatic rings. The van der Waals surface area contributed by atoms with Crippen LogP contribution in [0, 0.1) is 0 Å². The molecule has 0 spiro atoms. The maximum absolute atomic E-state index is 11.4. The number of carbonyl (C=O) groups excluding carboxylic acids is 1. The number of nitrogens with zero attached hydrogens (tertiary/aromatic N) is 1. The van der Waals surface area contributed by atoms with Gasteiger partial charge in [0.2, 0.25) is 5.91 Å². The molecule has 0 aliphatic carbocycles. The van der Waals surface area contributed by atoms with Crippen molar-refractivity contribution in [3.8, 4) is 0 Å². The Balaban J connectivity index is 2.99. The van der Waals surface area contributed by atoms with Gasteiger partial charge in [-0.3, -0.25) is 4.79 Å². The molecule has 1 aromatic carbocycles. The standard InChI is InChI=1S/C12H14ClNO/c1-9(8-12(15)14(2)3)10-6-4-5-7-11(10)13/h4-8H,1-3H3. The fraction of sp³-hybridized carbons (Fsp3) is 0.250. The van der Waals surface area contributed by atoms with Crippen molar-refractivity contribution in [3.63, 3.8) is 0 Å². The number of allylic oxidation sites excluding steroid dienone is 1. The van der Waals surface area contributed by atoms with Crippen LogP contribution in [0.5, 0.6) is 0 Å². The van der Waals surface area contributed by atoms with Crippen LogP contribution in [-0.2, 0) is 4.79 Å². The predicted octanol–water partition coefficient (Wildman–Crippen LogP) is 2.83. The van der Waals surface area contributed by atoms with Gasteiger partial charge in [-0.05, 0) is 24.1 Å². The summed E-state index contributed by atoms with van der Waals surface area (Å²) < 4.78 is 0. The number of halogens is 1. The van der Waals surface area contributed by atoms with Crippen LogP contribution in [0.4, 0.5) is 0 Å². The zero-order valence-corrected chi connectivity index (χ0v) is 9.88. The van der Waals surface area contributed by atoms with E-state index in [9.17, 15) is 4.79 Å². The Bertz CT molecular complexity index is 396. The second-order valence-electron chi connectivity index (χ2n) is 3.54. The average Bonchev–Trinajstić information content (AvgIpc) is 2.18. The Morgan fingerprint density at radius 1 is 1.33 bits per heavy atom. The highest BCUT2D eigenvalue weighted by molar-refractivity contribution is 6.32. The number of benzene rings is 1. The Kier molecular flexibility index (Phi) is 3.92. The van der Waals surface area contributed by atoms with Crippen molar-refractivity contribution in [2.75, 3.05) is 14.1 Å². The summed E-state index contributed by atoms with van der Waals surface area (Å²) in [6.07, 6.45) is 1.58. The number of hydrogen-bond donors (Lipinski definition) is 0. The molecule has 1 rings (SSSR count). The summed E-state index contributed by atoms with van der Waals surface area (Å²) in [7, 11) is 3.44. The molecule has 0 aliphatic heterocycles. The van der Waals surface area contributed by atoms with Crippen LogP contribution < -0.4 is 0 Å². The van der Waals surface area contributed by atoms with Gasteiger partial charge in [0.25, 0.3) is 0 Å². The van der Waals surface area contributed by atoms with Crippen molar-refractivity contribution >= 4 is 23.1 Å². The highest BCUT2D eigenvalue weighted by atomic mass is 35.5. The quantitative estimate of drug-likeness (QED) is 0.706. The van der Waals surface area contributed by atoms with Gasteiger partial charge < -0.3 is 4.90 Å². The van der Waals surface area contributed by atoms with Crippen LogP contribution in [0.1, 0.15) is 12.5 Å². The van der Waals surface area contributed by atoms with Gasteiger partial charge in [-0.2, -0.15) is 0 Å². The van der Waals surface area contributed by atoms with Crippen LogP contribution in [0.25, 0.3) is 5.57 Å². The van der Waals surface area contributed by atoms with Gasteiger partial charge in [-0.1, -0.05) is 29.8 Å². The SMILES string of the molecule is CC(=CC(=O)N(C)C)c1ccccc1Cl. The van der Waals surface area contributed by atoms with Gasteiger partial charge in [0.05, 0.1) is 0 Å². The lowest BCUT2D eigenvalue weighted by Gasteiger charge is -2.08. The summed E-state index contributed by atoms with van der Waals surface area (Å²) >= 11 is 6.02. The van der Waals surface area contributed by atoms with Gasteiger partial charge in [-0.15, -0.1) is 0 Å². The molecular weight excluding hydrogens is 210 g/mol. The predicted molar refractivity (Wildman–Crippen MR) is 63.8 cm³/mol. The summed E-state index contributed by atoms with van der Waals surface area (Å²) in [5, 5.41) is 0.665. The average molecular weight is 224 g/mol. The fourth-order valence-corrected chi connectivity index (χ4v) is 1.46. The van der Waals surface area contributed by atoms with Crippen molar-refractivity contribution in [2.24, 2.45) is 0 Å². The molecule has 0 radical (unpaired) electrons. The van der Waals surface area contributed by atoms with Crippen molar-refractivity contribution in [2.45, 2.75) is 6.92 Å². The Labute approximate surface area is 95.2 Å². The Hall–Kier alpha value is -1.28. The third-order valence-electron chi connectivity index (χ3n) is 2.08. The minimum absolute atomic E-state index is 0.0348. The third-order valence-corrected chi connectivity index (χ3v) is 2.41. The molecule has 0 atom stereocenters. The van der Waals surface area contributed by atoms with Crippen molar-refractivity contribution < 1.29 is 4.79 Å². The van der Waals surface area contributed by atoms with Gasteiger partial charge in [0.1, 0.15) is 0 Å². The minimum Gasteiger partial charge on any atom is -0.345 e. The molecule has 0 saturated heterocycles. The van der Waals surface area contributed by atoms with Gasteiger partial charge in [-0.25, -0.2) is 0 Å². The molecule has 0 N–H and O–H groups in total. The summed E-state index contributed by atoms with van der Waals surface area (Å²) in [6, 6.07) is 7.48. The normalized spacial score (nSPS) is 11.3. The molecule has 0 aromatic heterocycles. The lowest BCUT2D eigenvalue weighted by Crippen LogP contribution is -2.19. The van der Waals surface area contributed by atoms with Crippen LogP contribution >= 0.6 is 11.6 Å². The molecule has 0 heterocycles. The number of carbonyl (C=O) groups is 1. The maximum Gasteiger partial charge on any atom is 0.246 e. The molecule has 0 bridgehead atoms. The first kappa shape index (κ1) is 11.8. The van der Waals surface area contributed by atoms with E-state index in [-0.39, 0.29) is 5.91 Å². The first-order chi connectivity index (χ1) is 7.02. The lowest BCUT2D eigenvalue weighted by molar-refractivity contribution is -0.123. The van der Waals surface area contributed by atoms with E-state index in [0.717, 1.165) is 11.1 Å². The van der Waals surface area contributed by atoms with E-state index >= 15 is 0 Å². The van der Waals surface area contributed by atoms with Crippen molar-refractivity contribution in [1.29, 1.82) is 0 Å². The van der Waals surface area contributed by atoms with E-state index < -0.39 is 0 Å². The molecule has 0 unspecified atom stereocenters. The van der Waals surface area contributed by atoms with Crippen LogP contribution in [0.2, 0.25) is 5.02 Å². The largest absolute Gasteiger partial charge is 0.345 e. The third kappa shape index (κ3) is 3.10. The molecule has 3 heteroatoms. The van der Waals surface area contributed by atoms with E-state index in [1.165, 1.54) is 4.90 Å². The minimum atomic E-state index is -0.0348. The van der Waals surface area contributed by atoms with E-state index in [0.29, 0.717) is 5.02 Å². The van der Waals surface area contributed by atoms with E-state index in [2.05, 4.69) is 0 Å².